The van der Waals surface area contributed by atoms with E-state index >= 15 is 0 Å². The van der Waals surface area contributed by atoms with Crippen LogP contribution in [0.5, 0.6) is 0 Å². The Morgan fingerprint density at radius 1 is 1.28 bits per heavy atom. The van der Waals surface area contributed by atoms with Gasteiger partial charge in [0.15, 0.2) is 0 Å². The Balaban J connectivity index is 1.53. The van der Waals surface area contributed by atoms with E-state index in [1.807, 2.05) is 47.3 Å². The van der Waals surface area contributed by atoms with E-state index in [0.717, 1.165) is 18.5 Å². The lowest BCUT2D eigenvalue weighted by Gasteiger charge is -2.34. The maximum atomic E-state index is 12.5. The molecule has 2 heterocycles. The van der Waals surface area contributed by atoms with Crippen LogP contribution in [-0.2, 0) is 27.4 Å². The normalized spacial score (nSPS) is 17.5. The predicted octanol–water partition coefficient (Wildman–Crippen LogP) is 0.817. The van der Waals surface area contributed by atoms with E-state index in [1.54, 1.807) is 11.1 Å². The van der Waals surface area contributed by atoms with E-state index in [0.29, 0.717) is 13.1 Å². The molecule has 0 spiro atoms. The number of ether oxygens (including phenoxy) is 1. The third-order valence-electron chi connectivity index (χ3n) is 4.12. The fourth-order valence-electron chi connectivity index (χ4n) is 2.80. The van der Waals surface area contributed by atoms with Crippen LogP contribution in [0.3, 0.4) is 0 Å². The molecule has 2 aromatic rings. The van der Waals surface area contributed by atoms with Gasteiger partial charge < -0.3 is 15.0 Å². The zero-order chi connectivity index (χ0) is 17.5. The van der Waals surface area contributed by atoms with Crippen LogP contribution in [0.2, 0.25) is 0 Å². The molecule has 1 aliphatic rings. The van der Waals surface area contributed by atoms with Crippen molar-refractivity contribution in [1.82, 2.24) is 20.0 Å². The van der Waals surface area contributed by atoms with Crippen molar-refractivity contribution in [3.63, 3.8) is 0 Å². The lowest BCUT2D eigenvalue weighted by Crippen LogP contribution is -2.56. The molecule has 25 heavy (non-hydrogen) atoms. The van der Waals surface area contributed by atoms with E-state index in [2.05, 4.69) is 10.4 Å². The highest BCUT2D eigenvalue weighted by Crippen LogP contribution is 2.13. The van der Waals surface area contributed by atoms with Gasteiger partial charge in [0.1, 0.15) is 12.6 Å². The summed E-state index contributed by atoms with van der Waals surface area (Å²) in [6.07, 6.45) is 4.38. The third-order valence-corrected chi connectivity index (χ3v) is 4.12. The molecule has 1 fully saturated rings. The van der Waals surface area contributed by atoms with Crippen LogP contribution in [0.4, 0.5) is 0 Å². The van der Waals surface area contributed by atoms with Gasteiger partial charge in [-0.3, -0.25) is 14.3 Å². The highest BCUT2D eigenvalue weighted by atomic mass is 16.5. The van der Waals surface area contributed by atoms with Gasteiger partial charge in [0.2, 0.25) is 11.8 Å². The molecule has 1 aromatic heterocycles. The summed E-state index contributed by atoms with van der Waals surface area (Å²) in [5.41, 5.74) is 0.995. The Morgan fingerprint density at radius 3 is 2.88 bits per heavy atom. The fourth-order valence-corrected chi connectivity index (χ4v) is 2.80. The average molecular weight is 342 g/mol. The first kappa shape index (κ1) is 17.2. The molecule has 0 unspecified atom stereocenters. The highest BCUT2D eigenvalue weighted by molar-refractivity contribution is 5.89. The molecule has 2 amide bonds. The number of carbonyl (C=O) groups excluding carboxylic acids is 2. The summed E-state index contributed by atoms with van der Waals surface area (Å²) in [6, 6.07) is 10.9. The maximum absolute atomic E-state index is 12.5. The van der Waals surface area contributed by atoms with E-state index < -0.39 is 6.04 Å². The number of aryl methyl sites for hydroxylation is 1. The minimum absolute atomic E-state index is 0.0237. The molecule has 1 atom stereocenters. The Kier molecular flexibility index (Phi) is 5.79. The number of nitrogens with zero attached hydrogens (tertiary/aromatic N) is 3. The molecule has 132 valence electrons. The summed E-state index contributed by atoms with van der Waals surface area (Å²) in [7, 11) is 0. The molecule has 1 saturated heterocycles. The molecule has 1 N–H and O–H groups in total. The zero-order valence-electron chi connectivity index (χ0n) is 14.0. The molecule has 1 aromatic carbocycles. The minimum Gasteiger partial charge on any atom is -0.369 e. The Hall–Kier alpha value is -2.67. The van der Waals surface area contributed by atoms with Crippen molar-refractivity contribution in [3.05, 3.63) is 54.4 Å². The summed E-state index contributed by atoms with van der Waals surface area (Å²) >= 11 is 0. The van der Waals surface area contributed by atoms with Gasteiger partial charge in [-0.2, -0.15) is 5.10 Å². The Bertz CT molecular complexity index is 688. The van der Waals surface area contributed by atoms with Crippen molar-refractivity contribution in [2.75, 3.05) is 19.8 Å². The van der Waals surface area contributed by atoms with E-state index in [-0.39, 0.29) is 25.0 Å². The summed E-state index contributed by atoms with van der Waals surface area (Å²) in [4.78, 5) is 26.3. The van der Waals surface area contributed by atoms with Crippen molar-refractivity contribution in [1.29, 1.82) is 0 Å². The van der Waals surface area contributed by atoms with Crippen molar-refractivity contribution in [3.8, 4) is 0 Å². The molecular formula is C18H22N4O3. The second-order valence-corrected chi connectivity index (χ2v) is 5.95. The van der Waals surface area contributed by atoms with Crippen LogP contribution < -0.4 is 5.32 Å². The van der Waals surface area contributed by atoms with Crippen molar-refractivity contribution < 1.29 is 14.3 Å². The summed E-state index contributed by atoms with van der Waals surface area (Å²) in [5.74, 6) is -0.337. The topological polar surface area (TPSA) is 76.5 Å². The lowest BCUT2D eigenvalue weighted by molar-refractivity contribution is -0.155. The second kappa shape index (κ2) is 8.43. The summed E-state index contributed by atoms with van der Waals surface area (Å²) in [5, 5.41) is 7.02. The number of benzene rings is 1. The molecular weight excluding hydrogens is 320 g/mol. The van der Waals surface area contributed by atoms with Gasteiger partial charge in [-0.25, -0.2) is 0 Å². The van der Waals surface area contributed by atoms with E-state index in [1.165, 1.54) is 0 Å². The van der Waals surface area contributed by atoms with Crippen molar-refractivity contribution in [2.45, 2.75) is 25.6 Å². The number of nitrogens with one attached hydrogen (secondary N) is 1. The number of amides is 2. The third kappa shape index (κ3) is 4.67. The molecule has 7 nitrogen and oxygen atoms in total. The van der Waals surface area contributed by atoms with Gasteiger partial charge in [-0.15, -0.1) is 0 Å². The first-order valence-electron chi connectivity index (χ1n) is 8.40. The average Bonchev–Trinajstić information content (AvgIpc) is 3.15. The number of aromatic nitrogens is 2. The van der Waals surface area contributed by atoms with Gasteiger partial charge >= 0.3 is 0 Å². The SMILES string of the molecule is O=C(NCCCn1cccn1)[C@@H]1COCC(=O)N1Cc1ccccc1. The number of hydrogen-bond donors (Lipinski definition) is 1. The van der Waals surface area contributed by atoms with Crippen LogP contribution in [-0.4, -0.2) is 52.3 Å². The molecule has 1 aliphatic heterocycles. The van der Waals surface area contributed by atoms with Gasteiger partial charge in [-0.1, -0.05) is 30.3 Å². The van der Waals surface area contributed by atoms with Crippen molar-refractivity contribution in [2.24, 2.45) is 0 Å². The van der Waals surface area contributed by atoms with Crippen LogP contribution >= 0.6 is 0 Å². The fraction of sp³-hybridized carbons (Fsp3) is 0.389. The van der Waals surface area contributed by atoms with Crippen LogP contribution in [0.15, 0.2) is 48.8 Å². The first-order chi connectivity index (χ1) is 12.2. The molecule has 3 rings (SSSR count). The summed E-state index contributed by atoms with van der Waals surface area (Å²) < 4.78 is 7.10. The molecule has 0 bridgehead atoms. The van der Waals surface area contributed by atoms with Crippen LogP contribution in [0, 0.1) is 0 Å². The van der Waals surface area contributed by atoms with Gasteiger partial charge in [0.05, 0.1) is 6.61 Å². The molecule has 0 aliphatic carbocycles. The largest absolute Gasteiger partial charge is 0.369 e. The number of hydrogen-bond acceptors (Lipinski definition) is 4. The van der Waals surface area contributed by atoms with Crippen LogP contribution in [0.1, 0.15) is 12.0 Å². The van der Waals surface area contributed by atoms with Gasteiger partial charge in [0, 0.05) is 32.0 Å². The molecule has 7 heteroatoms. The lowest BCUT2D eigenvalue weighted by atomic mass is 10.1. The van der Waals surface area contributed by atoms with Gasteiger partial charge in [0.25, 0.3) is 0 Å². The number of morpholine rings is 1. The quantitative estimate of drug-likeness (QED) is 0.756. The smallest absolute Gasteiger partial charge is 0.249 e. The Labute approximate surface area is 146 Å². The summed E-state index contributed by atoms with van der Waals surface area (Å²) in [6.45, 7) is 1.93. The monoisotopic (exact) mass is 342 g/mol. The molecule has 0 saturated carbocycles. The predicted molar refractivity (Wildman–Crippen MR) is 91.5 cm³/mol. The second-order valence-electron chi connectivity index (χ2n) is 5.95. The van der Waals surface area contributed by atoms with Crippen molar-refractivity contribution >= 4 is 11.8 Å². The number of rotatable bonds is 7. The molecule has 0 radical (unpaired) electrons. The van der Waals surface area contributed by atoms with E-state index in [4.69, 9.17) is 4.74 Å². The maximum Gasteiger partial charge on any atom is 0.249 e. The van der Waals surface area contributed by atoms with E-state index in [9.17, 15) is 9.59 Å². The zero-order valence-corrected chi connectivity index (χ0v) is 14.0. The van der Waals surface area contributed by atoms with Crippen LogP contribution in [0.25, 0.3) is 0 Å². The van der Waals surface area contributed by atoms with Gasteiger partial charge in [-0.05, 0) is 18.1 Å². The highest BCUT2D eigenvalue weighted by Gasteiger charge is 2.33. The Morgan fingerprint density at radius 2 is 2.12 bits per heavy atom. The minimum atomic E-state index is -0.592. The number of carbonyl (C=O) groups is 2. The first-order valence-corrected chi connectivity index (χ1v) is 8.40. The standard InChI is InChI=1S/C18H22N4O3/c23-17-14-25-13-16(22(17)12-15-6-2-1-3-7-15)18(24)19-8-4-10-21-11-5-9-20-21/h1-3,5-7,9,11,16H,4,8,10,12-14H2,(H,19,24)/t16-/m0/s1.